The van der Waals surface area contributed by atoms with Gasteiger partial charge >= 0.3 is 0 Å². The number of hydrogen-bond donors (Lipinski definition) is 2. The van der Waals surface area contributed by atoms with E-state index in [0.29, 0.717) is 24.5 Å². The summed E-state index contributed by atoms with van der Waals surface area (Å²) in [6.07, 6.45) is 6.88. The second-order valence-electron chi connectivity index (χ2n) is 5.15. The summed E-state index contributed by atoms with van der Waals surface area (Å²) in [5, 5.41) is 3.40. The Balaban J connectivity index is 1.94. The molecule has 0 spiro atoms. The smallest absolute Gasteiger partial charge is 0.218 e. The lowest BCUT2D eigenvalue weighted by atomic mass is 9.81. The lowest BCUT2D eigenvalue weighted by Crippen LogP contribution is -2.56. The Labute approximate surface area is 97.6 Å². The number of amides is 1. The van der Waals surface area contributed by atoms with Gasteiger partial charge in [-0.1, -0.05) is 6.42 Å². The molecule has 0 saturated carbocycles. The van der Waals surface area contributed by atoms with Crippen LogP contribution in [0.2, 0.25) is 0 Å². The van der Waals surface area contributed by atoms with E-state index in [-0.39, 0.29) is 5.91 Å². The van der Waals surface area contributed by atoms with Crippen molar-refractivity contribution in [2.24, 2.45) is 5.73 Å². The van der Waals surface area contributed by atoms with Gasteiger partial charge in [0.05, 0.1) is 0 Å². The van der Waals surface area contributed by atoms with Gasteiger partial charge in [-0.15, -0.1) is 0 Å². The zero-order chi connectivity index (χ0) is 11.5. The number of nitrogens with two attached hydrogens (primary N) is 1. The maximum Gasteiger partial charge on any atom is 0.218 e. The molecule has 2 heterocycles. The van der Waals surface area contributed by atoms with Crippen LogP contribution in [0.25, 0.3) is 0 Å². The summed E-state index contributed by atoms with van der Waals surface area (Å²) in [5.41, 5.74) is 5.24. The second kappa shape index (κ2) is 5.15. The van der Waals surface area contributed by atoms with Crippen molar-refractivity contribution in [3.8, 4) is 0 Å². The zero-order valence-corrected chi connectivity index (χ0v) is 10.1. The molecule has 2 unspecified atom stereocenters. The highest BCUT2D eigenvalue weighted by atomic mass is 16.1. The third-order valence-corrected chi connectivity index (χ3v) is 4.15. The highest BCUT2D eigenvalue weighted by Gasteiger charge is 2.37. The molecule has 2 atom stereocenters. The SMILES string of the molecule is CNC1CC2CCCC(C1)N2CCC(N)=O. The van der Waals surface area contributed by atoms with E-state index in [1.54, 1.807) is 0 Å². The fourth-order valence-electron chi connectivity index (χ4n) is 3.32. The average Bonchev–Trinajstić information content (AvgIpc) is 2.24. The van der Waals surface area contributed by atoms with Gasteiger partial charge in [0.1, 0.15) is 0 Å². The number of carbonyl (C=O) groups excluding carboxylic acids is 1. The molecule has 0 aromatic heterocycles. The van der Waals surface area contributed by atoms with E-state index >= 15 is 0 Å². The largest absolute Gasteiger partial charge is 0.370 e. The number of primary amides is 1. The van der Waals surface area contributed by atoms with E-state index < -0.39 is 0 Å². The highest BCUT2D eigenvalue weighted by Crippen LogP contribution is 2.33. The molecule has 2 aliphatic heterocycles. The van der Waals surface area contributed by atoms with Gasteiger partial charge in [-0.05, 0) is 32.7 Å². The van der Waals surface area contributed by atoms with Gasteiger partial charge in [0.2, 0.25) is 5.91 Å². The molecule has 4 heteroatoms. The quantitative estimate of drug-likeness (QED) is 0.731. The van der Waals surface area contributed by atoms with E-state index in [9.17, 15) is 4.79 Å². The summed E-state index contributed by atoms with van der Waals surface area (Å²) in [6, 6.07) is 2.01. The summed E-state index contributed by atoms with van der Waals surface area (Å²) in [6.45, 7) is 0.862. The predicted octanol–water partition coefficient (Wildman–Crippen LogP) is 0.467. The number of piperidine rings is 2. The van der Waals surface area contributed by atoms with Gasteiger partial charge < -0.3 is 11.1 Å². The molecule has 2 fully saturated rings. The van der Waals surface area contributed by atoms with Gasteiger partial charge in [0, 0.05) is 31.1 Å². The first-order valence-electron chi connectivity index (χ1n) is 6.42. The molecule has 1 amide bonds. The molecule has 0 aliphatic carbocycles. The molecule has 92 valence electrons. The van der Waals surface area contributed by atoms with Crippen LogP contribution in [0.1, 0.15) is 38.5 Å². The third kappa shape index (κ3) is 2.55. The van der Waals surface area contributed by atoms with Gasteiger partial charge in [-0.25, -0.2) is 0 Å². The Bertz CT molecular complexity index is 243. The molecule has 0 radical (unpaired) electrons. The van der Waals surface area contributed by atoms with Gasteiger partial charge in [-0.3, -0.25) is 9.69 Å². The summed E-state index contributed by atoms with van der Waals surface area (Å²) in [4.78, 5) is 13.4. The second-order valence-corrected chi connectivity index (χ2v) is 5.15. The van der Waals surface area contributed by atoms with Crippen molar-refractivity contribution < 1.29 is 4.79 Å². The number of rotatable bonds is 4. The maximum absolute atomic E-state index is 10.9. The van der Waals surface area contributed by atoms with Crippen LogP contribution in [0.15, 0.2) is 0 Å². The summed E-state index contributed by atoms with van der Waals surface area (Å²) >= 11 is 0. The van der Waals surface area contributed by atoms with Crippen molar-refractivity contribution in [3.63, 3.8) is 0 Å². The maximum atomic E-state index is 10.9. The van der Waals surface area contributed by atoms with Gasteiger partial charge in [0.15, 0.2) is 0 Å². The molecular formula is C12H23N3O. The van der Waals surface area contributed by atoms with Crippen molar-refractivity contribution in [2.75, 3.05) is 13.6 Å². The van der Waals surface area contributed by atoms with E-state index in [1.165, 1.54) is 32.1 Å². The van der Waals surface area contributed by atoms with Crippen LogP contribution in [-0.2, 0) is 4.79 Å². The molecule has 3 N–H and O–H groups in total. The van der Waals surface area contributed by atoms with Crippen LogP contribution in [-0.4, -0.2) is 42.5 Å². The summed E-state index contributed by atoms with van der Waals surface area (Å²) < 4.78 is 0. The zero-order valence-electron chi connectivity index (χ0n) is 10.1. The molecule has 16 heavy (non-hydrogen) atoms. The number of nitrogens with one attached hydrogen (secondary N) is 1. The van der Waals surface area contributed by atoms with Crippen molar-refractivity contribution in [1.29, 1.82) is 0 Å². The molecular weight excluding hydrogens is 202 g/mol. The molecule has 4 nitrogen and oxygen atoms in total. The Hall–Kier alpha value is -0.610. The van der Waals surface area contributed by atoms with Crippen LogP contribution < -0.4 is 11.1 Å². The molecule has 0 aromatic carbocycles. The summed E-state index contributed by atoms with van der Waals surface area (Å²) in [5.74, 6) is -0.172. The molecule has 2 rings (SSSR count). The van der Waals surface area contributed by atoms with Crippen LogP contribution >= 0.6 is 0 Å². The number of hydrogen-bond acceptors (Lipinski definition) is 3. The monoisotopic (exact) mass is 225 g/mol. The standard InChI is InChI=1S/C12H23N3O/c1-14-9-7-10-3-2-4-11(8-9)15(10)6-5-12(13)16/h9-11,14H,2-8H2,1H3,(H2,13,16). The molecule has 2 bridgehead atoms. The Kier molecular flexibility index (Phi) is 3.82. The average molecular weight is 225 g/mol. The fraction of sp³-hybridized carbons (Fsp3) is 0.917. The first kappa shape index (κ1) is 11.9. The number of nitrogens with zero attached hydrogens (tertiary/aromatic N) is 1. The summed E-state index contributed by atoms with van der Waals surface area (Å²) in [7, 11) is 2.06. The topological polar surface area (TPSA) is 58.4 Å². The van der Waals surface area contributed by atoms with Crippen molar-refractivity contribution in [2.45, 2.75) is 56.7 Å². The molecule has 2 aliphatic rings. The van der Waals surface area contributed by atoms with E-state index in [4.69, 9.17) is 5.73 Å². The molecule has 0 aromatic rings. The number of fused-ring (bicyclic) bond motifs is 2. The lowest BCUT2D eigenvalue weighted by molar-refractivity contribution is -0.118. The lowest BCUT2D eigenvalue weighted by Gasteiger charge is -2.49. The Morgan fingerprint density at radius 2 is 2.00 bits per heavy atom. The minimum absolute atomic E-state index is 0.172. The van der Waals surface area contributed by atoms with Crippen molar-refractivity contribution in [3.05, 3.63) is 0 Å². The molecule has 2 saturated heterocycles. The minimum atomic E-state index is -0.172. The normalized spacial score (nSPS) is 34.9. The van der Waals surface area contributed by atoms with Crippen LogP contribution in [0.3, 0.4) is 0 Å². The van der Waals surface area contributed by atoms with E-state index in [2.05, 4.69) is 17.3 Å². The predicted molar refractivity (Wildman–Crippen MR) is 64.0 cm³/mol. The van der Waals surface area contributed by atoms with E-state index in [0.717, 1.165) is 6.54 Å². The van der Waals surface area contributed by atoms with Gasteiger partial charge in [0.25, 0.3) is 0 Å². The van der Waals surface area contributed by atoms with Gasteiger partial charge in [-0.2, -0.15) is 0 Å². The van der Waals surface area contributed by atoms with E-state index in [1.807, 2.05) is 0 Å². The third-order valence-electron chi connectivity index (χ3n) is 4.15. The fourth-order valence-corrected chi connectivity index (χ4v) is 3.32. The Morgan fingerprint density at radius 1 is 1.38 bits per heavy atom. The van der Waals surface area contributed by atoms with Crippen LogP contribution in [0.5, 0.6) is 0 Å². The first-order chi connectivity index (χ1) is 7.70. The number of carbonyl (C=O) groups is 1. The minimum Gasteiger partial charge on any atom is -0.370 e. The van der Waals surface area contributed by atoms with Crippen LogP contribution in [0, 0.1) is 0 Å². The first-order valence-corrected chi connectivity index (χ1v) is 6.42. The van der Waals surface area contributed by atoms with Crippen molar-refractivity contribution >= 4 is 5.91 Å². The van der Waals surface area contributed by atoms with Crippen LogP contribution in [0.4, 0.5) is 0 Å². The highest BCUT2D eigenvalue weighted by molar-refractivity contribution is 5.73. The van der Waals surface area contributed by atoms with Crippen molar-refractivity contribution in [1.82, 2.24) is 10.2 Å². The Morgan fingerprint density at radius 3 is 2.50 bits per heavy atom.